The van der Waals surface area contributed by atoms with Crippen LogP contribution in [0.1, 0.15) is 36.2 Å². The second-order valence-corrected chi connectivity index (χ2v) is 5.23. The molecule has 0 aliphatic heterocycles. The molecule has 1 aromatic rings. The summed E-state index contributed by atoms with van der Waals surface area (Å²) in [6.45, 7) is 3.55. The van der Waals surface area contributed by atoms with Crippen molar-refractivity contribution in [1.29, 1.82) is 5.26 Å². The van der Waals surface area contributed by atoms with Crippen LogP contribution in [0.25, 0.3) is 0 Å². The van der Waals surface area contributed by atoms with Gasteiger partial charge in [-0.15, -0.1) is 0 Å². The molecule has 0 fully saturated rings. The van der Waals surface area contributed by atoms with Crippen molar-refractivity contribution in [1.82, 2.24) is 5.32 Å². The third-order valence-corrected chi connectivity index (χ3v) is 3.11. The topological polar surface area (TPSA) is 90.2 Å². The van der Waals surface area contributed by atoms with Gasteiger partial charge in [0.15, 0.2) is 0 Å². The van der Waals surface area contributed by atoms with Crippen LogP contribution in [0.15, 0.2) is 24.3 Å². The van der Waals surface area contributed by atoms with Crippen molar-refractivity contribution >= 4 is 11.9 Å². The van der Waals surface area contributed by atoms with Gasteiger partial charge in [0.25, 0.3) is 5.91 Å². The zero-order valence-corrected chi connectivity index (χ0v) is 11.6. The number of rotatable bonds is 6. The number of hydrogen-bond acceptors (Lipinski definition) is 3. The quantitative estimate of drug-likeness (QED) is 0.830. The average molecular weight is 274 g/mol. The van der Waals surface area contributed by atoms with Gasteiger partial charge in [0.2, 0.25) is 0 Å². The predicted molar refractivity (Wildman–Crippen MR) is 74.1 cm³/mol. The van der Waals surface area contributed by atoms with Gasteiger partial charge in [0.1, 0.15) is 0 Å². The Morgan fingerprint density at radius 1 is 1.30 bits per heavy atom. The van der Waals surface area contributed by atoms with Crippen molar-refractivity contribution in [2.45, 2.75) is 26.7 Å². The normalized spacial score (nSPS) is 10.7. The van der Waals surface area contributed by atoms with Gasteiger partial charge in [0.05, 0.1) is 17.9 Å². The summed E-state index contributed by atoms with van der Waals surface area (Å²) in [6, 6.07) is 8.82. The number of nitrogens with zero attached hydrogens (tertiary/aromatic N) is 1. The highest BCUT2D eigenvalue weighted by Crippen LogP contribution is 2.19. The molecular weight excluding hydrogens is 256 g/mol. The maximum Gasteiger partial charge on any atom is 0.309 e. The molecule has 0 heterocycles. The van der Waals surface area contributed by atoms with Gasteiger partial charge in [-0.2, -0.15) is 5.26 Å². The van der Waals surface area contributed by atoms with Gasteiger partial charge in [-0.05, 0) is 38.0 Å². The van der Waals surface area contributed by atoms with Crippen LogP contribution in [-0.4, -0.2) is 23.5 Å². The lowest BCUT2D eigenvalue weighted by molar-refractivity contribution is -0.147. The van der Waals surface area contributed by atoms with E-state index in [9.17, 15) is 9.59 Å². The van der Waals surface area contributed by atoms with Crippen LogP contribution in [0.3, 0.4) is 0 Å². The summed E-state index contributed by atoms with van der Waals surface area (Å²) in [5.74, 6) is -1.12. The summed E-state index contributed by atoms with van der Waals surface area (Å²) in [7, 11) is 0. The van der Waals surface area contributed by atoms with Gasteiger partial charge in [-0.1, -0.05) is 12.1 Å². The van der Waals surface area contributed by atoms with E-state index in [2.05, 4.69) is 5.32 Å². The molecule has 2 N–H and O–H groups in total. The SMILES string of the molecule is CC(C)(CCNC(=O)c1ccc(CC#N)cc1)C(=O)O. The number of aliphatic carboxylic acids is 1. The van der Waals surface area contributed by atoms with Crippen molar-refractivity contribution in [3.8, 4) is 6.07 Å². The van der Waals surface area contributed by atoms with Crippen molar-refractivity contribution in [3.63, 3.8) is 0 Å². The summed E-state index contributed by atoms with van der Waals surface area (Å²) in [4.78, 5) is 22.8. The fourth-order valence-corrected chi connectivity index (χ4v) is 1.56. The van der Waals surface area contributed by atoms with E-state index < -0.39 is 11.4 Å². The van der Waals surface area contributed by atoms with E-state index in [0.29, 0.717) is 24.9 Å². The molecule has 1 amide bonds. The minimum Gasteiger partial charge on any atom is -0.481 e. The molecule has 20 heavy (non-hydrogen) atoms. The molecule has 106 valence electrons. The van der Waals surface area contributed by atoms with Crippen LogP contribution in [0, 0.1) is 16.7 Å². The van der Waals surface area contributed by atoms with Gasteiger partial charge >= 0.3 is 5.97 Å². The fraction of sp³-hybridized carbons (Fsp3) is 0.400. The maximum atomic E-state index is 11.8. The maximum absolute atomic E-state index is 11.8. The van der Waals surface area contributed by atoms with Gasteiger partial charge in [-0.25, -0.2) is 0 Å². The average Bonchev–Trinajstić information content (AvgIpc) is 2.39. The molecule has 0 spiro atoms. The molecule has 0 aliphatic rings. The van der Waals surface area contributed by atoms with Gasteiger partial charge in [0, 0.05) is 12.1 Å². The zero-order valence-electron chi connectivity index (χ0n) is 11.6. The van der Waals surface area contributed by atoms with Crippen molar-refractivity contribution < 1.29 is 14.7 Å². The summed E-state index contributed by atoms with van der Waals surface area (Å²) in [5.41, 5.74) is 0.500. The molecule has 0 saturated carbocycles. The number of carboxylic acid groups (broad SMARTS) is 1. The molecule has 0 aliphatic carbocycles. The molecular formula is C15H18N2O3. The van der Waals surface area contributed by atoms with Crippen LogP contribution in [0.5, 0.6) is 0 Å². The molecule has 0 atom stereocenters. The smallest absolute Gasteiger partial charge is 0.309 e. The Bertz CT molecular complexity index is 527. The number of carboxylic acids is 1. The van der Waals surface area contributed by atoms with Crippen LogP contribution in [0.4, 0.5) is 0 Å². The number of nitrogens with one attached hydrogen (secondary N) is 1. The lowest BCUT2D eigenvalue weighted by atomic mass is 9.90. The Morgan fingerprint density at radius 2 is 1.90 bits per heavy atom. The lowest BCUT2D eigenvalue weighted by Gasteiger charge is -2.18. The zero-order chi connectivity index (χ0) is 15.2. The number of benzene rings is 1. The van der Waals surface area contributed by atoms with Gasteiger partial charge < -0.3 is 10.4 Å². The summed E-state index contributed by atoms with van der Waals surface area (Å²) < 4.78 is 0. The summed E-state index contributed by atoms with van der Waals surface area (Å²) >= 11 is 0. The first kappa shape index (κ1) is 15.7. The number of nitriles is 1. The highest BCUT2D eigenvalue weighted by Gasteiger charge is 2.26. The Kier molecular flexibility index (Phi) is 5.27. The minimum absolute atomic E-state index is 0.241. The molecule has 5 nitrogen and oxygen atoms in total. The molecule has 0 aromatic heterocycles. The largest absolute Gasteiger partial charge is 0.481 e. The monoisotopic (exact) mass is 274 g/mol. The van der Waals surface area contributed by atoms with Crippen LogP contribution in [-0.2, 0) is 11.2 Å². The predicted octanol–water partition coefficient (Wildman–Crippen LogP) is 1.98. The Hall–Kier alpha value is -2.35. The second kappa shape index (κ2) is 6.71. The molecule has 0 saturated heterocycles. The van der Waals surface area contributed by atoms with Crippen molar-refractivity contribution in [3.05, 3.63) is 35.4 Å². The number of carbonyl (C=O) groups excluding carboxylic acids is 1. The Morgan fingerprint density at radius 3 is 2.40 bits per heavy atom. The molecule has 0 bridgehead atoms. The summed E-state index contributed by atoms with van der Waals surface area (Å²) in [5, 5.41) is 20.2. The molecule has 0 unspecified atom stereocenters. The summed E-state index contributed by atoms with van der Waals surface area (Å²) in [6.07, 6.45) is 0.676. The van der Waals surface area contributed by atoms with Crippen LogP contribution >= 0.6 is 0 Å². The standard InChI is InChI=1S/C15H18N2O3/c1-15(2,14(19)20)8-10-17-13(18)12-5-3-11(4-6-12)7-9-16/h3-6H,7-8,10H2,1-2H3,(H,17,18)(H,19,20). The van der Waals surface area contributed by atoms with E-state index in [1.54, 1.807) is 38.1 Å². The van der Waals surface area contributed by atoms with E-state index in [1.165, 1.54) is 0 Å². The molecule has 1 aromatic carbocycles. The second-order valence-electron chi connectivity index (χ2n) is 5.23. The van der Waals surface area contributed by atoms with E-state index in [4.69, 9.17) is 10.4 Å². The van der Waals surface area contributed by atoms with Crippen LogP contribution < -0.4 is 5.32 Å². The highest BCUT2D eigenvalue weighted by atomic mass is 16.4. The Labute approximate surface area is 118 Å². The van der Waals surface area contributed by atoms with E-state index in [0.717, 1.165) is 5.56 Å². The first-order chi connectivity index (χ1) is 9.36. The molecule has 0 radical (unpaired) electrons. The van der Waals surface area contributed by atoms with E-state index in [-0.39, 0.29) is 5.91 Å². The first-order valence-electron chi connectivity index (χ1n) is 6.34. The Balaban J connectivity index is 2.51. The first-order valence-corrected chi connectivity index (χ1v) is 6.34. The fourth-order valence-electron chi connectivity index (χ4n) is 1.56. The lowest BCUT2D eigenvalue weighted by Crippen LogP contribution is -2.31. The third-order valence-electron chi connectivity index (χ3n) is 3.11. The molecule has 5 heteroatoms. The number of carbonyl (C=O) groups is 2. The number of amides is 1. The van der Waals surface area contributed by atoms with Crippen LogP contribution in [0.2, 0.25) is 0 Å². The third kappa shape index (κ3) is 4.39. The minimum atomic E-state index is -0.882. The van der Waals surface area contributed by atoms with E-state index >= 15 is 0 Å². The number of hydrogen-bond donors (Lipinski definition) is 2. The van der Waals surface area contributed by atoms with Crippen molar-refractivity contribution in [2.75, 3.05) is 6.54 Å². The van der Waals surface area contributed by atoms with Crippen molar-refractivity contribution in [2.24, 2.45) is 5.41 Å². The molecule has 1 rings (SSSR count). The highest BCUT2D eigenvalue weighted by molar-refractivity contribution is 5.94. The van der Waals surface area contributed by atoms with Gasteiger partial charge in [-0.3, -0.25) is 9.59 Å². The van der Waals surface area contributed by atoms with E-state index in [1.807, 2.05) is 6.07 Å².